The summed E-state index contributed by atoms with van der Waals surface area (Å²) in [5.74, 6) is 1.70. The summed E-state index contributed by atoms with van der Waals surface area (Å²) < 4.78 is 7.75. The second kappa shape index (κ2) is 10.0. The van der Waals surface area contributed by atoms with Crippen LogP contribution in [0.3, 0.4) is 0 Å². The number of hydrogen-bond acceptors (Lipinski definition) is 5. The van der Waals surface area contributed by atoms with Crippen LogP contribution in [0.15, 0.2) is 5.16 Å². The molecule has 136 valence electrons. The first-order valence-electron chi connectivity index (χ1n) is 8.94. The Labute approximate surface area is 149 Å². The molecule has 1 aromatic heterocycles. The van der Waals surface area contributed by atoms with Gasteiger partial charge in [0.15, 0.2) is 5.16 Å². The van der Waals surface area contributed by atoms with E-state index in [1.807, 2.05) is 6.26 Å². The minimum absolute atomic E-state index is 0.124. The largest absolute Gasteiger partial charge is 0.378 e. The van der Waals surface area contributed by atoms with Crippen LogP contribution in [-0.4, -0.2) is 46.2 Å². The minimum atomic E-state index is 0.124. The van der Waals surface area contributed by atoms with Crippen LogP contribution in [-0.2, 0) is 22.5 Å². The lowest BCUT2D eigenvalue weighted by atomic mass is 10.1. The summed E-state index contributed by atoms with van der Waals surface area (Å²) in [6, 6.07) is 0. The maximum Gasteiger partial charge on any atom is 0.220 e. The number of nitrogens with zero attached hydrogens (tertiary/aromatic N) is 3. The van der Waals surface area contributed by atoms with Gasteiger partial charge in [0, 0.05) is 32.5 Å². The average molecular weight is 355 g/mol. The maximum absolute atomic E-state index is 11.9. The van der Waals surface area contributed by atoms with E-state index < -0.39 is 0 Å². The van der Waals surface area contributed by atoms with E-state index in [0.29, 0.717) is 18.9 Å². The van der Waals surface area contributed by atoms with Crippen molar-refractivity contribution in [3.8, 4) is 0 Å². The Morgan fingerprint density at radius 2 is 2.29 bits per heavy atom. The standard InChI is InChI=1S/C17H30N4O2S/c1-13(2)12-21-15(19-20-17(21)24-3)7-4-10-18-16(22)9-8-14-6-5-11-23-14/h13-14H,4-12H2,1-3H3,(H,18,22). The average Bonchev–Trinajstić information content (AvgIpc) is 3.19. The quantitative estimate of drug-likeness (QED) is 0.517. The minimum Gasteiger partial charge on any atom is -0.378 e. The summed E-state index contributed by atoms with van der Waals surface area (Å²) in [4.78, 5) is 11.9. The molecule has 6 nitrogen and oxygen atoms in total. The third-order valence-corrected chi connectivity index (χ3v) is 4.81. The molecule has 0 bridgehead atoms. The normalized spacial score (nSPS) is 17.6. The van der Waals surface area contributed by atoms with Crippen LogP contribution in [0, 0.1) is 5.92 Å². The number of rotatable bonds is 10. The zero-order valence-electron chi connectivity index (χ0n) is 15.1. The summed E-state index contributed by atoms with van der Waals surface area (Å²) in [6.45, 7) is 6.87. The summed E-state index contributed by atoms with van der Waals surface area (Å²) in [5.41, 5.74) is 0. The van der Waals surface area contributed by atoms with Gasteiger partial charge in [0.2, 0.25) is 5.91 Å². The van der Waals surface area contributed by atoms with Gasteiger partial charge >= 0.3 is 0 Å². The van der Waals surface area contributed by atoms with E-state index in [1.165, 1.54) is 0 Å². The molecule has 1 aliphatic rings. The number of amides is 1. The molecule has 1 unspecified atom stereocenters. The lowest BCUT2D eigenvalue weighted by molar-refractivity contribution is -0.121. The van der Waals surface area contributed by atoms with Crippen molar-refractivity contribution in [2.75, 3.05) is 19.4 Å². The second-order valence-electron chi connectivity index (χ2n) is 6.73. The number of ether oxygens (including phenoxy) is 1. The molecular weight excluding hydrogens is 324 g/mol. The first-order chi connectivity index (χ1) is 11.6. The Kier molecular flexibility index (Phi) is 8.05. The second-order valence-corrected chi connectivity index (χ2v) is 7.51. The van der Waals surface area contributed by atoms with Gasteiger partial charge in [-0.15, -0.1) is 10.2 Å². The van der Waals surface area contributed by atoms with Gasteiger partial charge in [-0.3, -0.25) is 4.79 Å². The molecular formula is C17H30N4O2S. The summed E-state index contributed by atoms with van der Waals surface area (Å²) in [6.07, 6.45) is 7.66. The Bertz CT molecular complexity index is 513. The number of hydrogen-bond donors (Lipinski definition) is 1. The molecule has 0 radical (unpaired) electrons. The number of aryl methyl sites for hydroxylation is 1. The molecule has 0 saturated carbocycles. The summed E-state index contributed by atoms with van der Waals surface area (Å²) >= 11 is 1.63. The predicted octanol–water partition coefficient (Wildman–Crippen LogP) is 2.66. The van der Waals surface area contributed by atoms with Crippen LogP contribution in [0.5, 0.6) is 0 Å². The number of aromatic nitrogens is 3. The van der Waals surface area contributed by atoms with Gasteiger partial charge in [0.05, 0.1) is 6.10 Å². The molecule has 1 aromatic rings. The molecule has 1 saturated heterocycles. The van der Waals surface area contributed by atoms with Crippen molar-refractivity contribution in [1.82, 2.24) is 20.1 Å². The van der Waals surface area contributed by atoms with E-state index in [4.69, 9.17) is 4.74 Å². The van der Waals surface area contributed by atoms with E-state index in [1.54, 1.807) is 11.8 Å². The van der Waals surface area contributed by atoms with Gasteiger partial charge in [-0.1, -0.05) is 25.6 Å². The van der Waals surface area contributed by atoms with Crippen molar-refractivity contribution in [3.05, 3.63) is 5.82 Å². The monoisotopic (exact) mass is 354 g/mol. The first-order valence-corrected chi connectivity index (χ1v) is 10.2. The SMILES string of the molecule is CSc1nnc(CCCNC(=O)CCC2CCCO2)n1CC(C)C. The molecule has 1 atom stereocenters. The van der Waals surface area contributed by atoms with Crippen molar-refractivity contribution >= 4 is 17.7 Å². The van der Waals surface area contributed by atoms with Gasteiger partial charge in [-0.05, 0) is 37.9 Å². The van der Waals surface area contributed by atoms with Crippen LogP contribution in [0.4, 0.5) is 0 Å². The molecule has 7 heteroatoms. The highest BCUT2D eigenvalue weighted by atomic mass is 32.2. The van der Waals surface area contributed by atoms with E-state index in [9.17, 15) is 4.79 Å². The van der Waals surface area contributed by atoms with Crippen molar-refractivity contribution in [2.24, 2.45) is 5.92 Å². The fourth-order valence-electron chi connectivity index (χ4n) is 2.93. The molecule has 1 N–H and O–H groups in total. The van der Waals surface area contributed by atoms with Crippen molar-refractivity contribution in [2.45, 2.75) is 70.2 Å². The van der Waals surface area contributed by atoms with Gasteiger partial charge in [-0.25, -0.2) is 0 Å². The molecule has 0 aromatic carbocycles. The van der Waals surface area contributed by atoms with Crippen molar-refractivity contribution in [3.63, 3.8) is 0 Å². The zero-order chi connectivity index (χ0) is 17.4. The van der Waals surface area contributed by atoms with Gasteiger partial charge in [0.25, 0.3) is 0 Å². The predicted molar refractivity (Wildman–Crippen MR) is 96.2 cm³/mol. The highest BCUT2D eigenvalue weighted by Crippen LogP contribution is 2.17. The van der Waals surface area contributed by atoms with E-state index >= 15 is 0 Å². The third-order valence-electron chi connectivity index (χ3n) is 4.14. The molecule has 2 rings (SSSR count). The van der Waals surface area contributed by atoms with Gasteiger partial charge in [0.1, 0.15) is 5.82 Å². The van der Waals surface area contributed by atoms with E-state index in [-0.39, 0.29) is 12.0 Å². The van der Waals surface area contributed by atoms with Gasteiger partial charge in [-0.2, -0.15) is 0 Å². The molecule has 24 heavy (non-hydrogen) atoms. The number of carbonyl (C=O) groups excluding carboxylic acids is 1. The fourth-order valence-corrected chi connectivity index (χ4v) is 3.45. The van der Waals surface area contributed by atoms with Crippen LogP contribution < -0.4 is 5.32 Å². The Morgan fingerprint density at radius 1 is 1.46 bits per heavy atom. The zero-order valence-corrected chi connectivity index (χ0v) is 15.9. The van der Waals surface area contributed by atoms with Crippen molar-refractivity contribution in [1.29, 1.82) is 0 Å². The maximum atomic E-state index is 11.9. The summed E-state index contributed by atoms with van der Waals surface area (Å²) in [5, 5.41) is 12.5. The molecule has 1 fully saturated rings. The third kappa shape index (κ3) is 6.09. The highest BCUT2D eigenvalue weighted by Gasteiger charge is 2.16. The highest BCUT2D eigenvalue weighted by molar-refractivity contribution is 7.98. The first kappa shape index (κ1) is 19.2. The van der Waals surface area contributed by atoms with E-state index in [0.717, 1.165) is 56.2 Å². The Hall–Kier alpha value is -1.08. The lowest BCUT2D eigenvalue weighted by Gasteiger charge is -2.12. The van der Waals surface area contributed by atoms with Crippen molar-refractivity contribution < 1.29 is 9.53 Å². The lowest BCUT2D eigenvalue weighted by Crippen LogP contribution is -2.26. The summed E-state index contributed by atoms with van der Waals surface area (Å²) in [7, 11) is 0. The Morgan fingerprint density at radius 3 is 2.96 bits per heavy atom. The van der Waals surface area contributed by atoms with Crippen LogP contribution in [0.1, 0.15) is 51.8 Å². The van der Waals surface area contributed by atoms with Crippen LogP contribution >= 0.6 is 11.8 Å². The van der Waals surface area contributed by atoms with Gasteiger partial charge < -0.3 is 14.6 Å². The molecule has 1 amide bonds. The van der Waals surface area contributed by atoms with Crippen LogP contribution in [0.2, 0.25) is 0 Å². The molecule has 2 heterocycles. The molecule has 0 spiro atoms. The Balaban J connectivity index is 1.68. The number of carbonyl (C=O) groups is 1. The molecule has 0 aliphatic carbocycles. The van der Waals surface area contributed by atoms with Crippen LogP contribution in [0.25, 0.3) is 0 Å². The fraction of sp³-hybridized carbons (Fsp3) is 0.824. The number of thioether (sulfide) groups is 1. The van der Waals surface area contributed by atoms with E-state index in [2.05, 4.69) is 33.9 Å². The number of nitrogens with one attached hydrogen (secondary N) is 1. The smallest absolute Gasteiger partial charge is 0.220 e. The molecule has 1 aliphatic heterocycles. The topological polar surface area (TPSA) is 69.0 Å².